The van der Waals surface area contributed by atoms with Gasteiger partial charge in [0.15, 0.2) is 0 Å². The Hall–Kier alpha value is -1.56. The van der Waals surface area contributed by atoms with E-state index < -0.39 is 12.9 Å². The maximum Gasteiger partial charge on any atom is 0.488 e. The molecule has 0 aromatic heterocycles. The Labute approximate surface area is 115 Å². The van der Waals surface area contributed by atoms with Gasteiger partial charge in [-0.05, 0) is 29.7 Å². The third-order valence-corrected chi connectivity index (χ3v) is 2.80. The topological polar surface area (TPSA) is 49.7 Å². The summed E-state index contributed by atoms with van der Waals surface area (Å²) in [4.78, 5) is 0. The summed E-state index contributed by atoms with van der Waals surface area (Å²) in [5, 5.41) is 18.4. The Balaban J connectivity index is 2.08. The van der Waals surface area contributed by atoms with Gasteiger partial charge in [-0.1, -0.05) is 29.8 Å². The minimum Gasteiger partial charge on any atom is -0.489 e. The summed E-state index contributed by atoms with van der Waals surface area (Å²) in [7, 11) is -1.56. The normalized spacial score (nSPS) is 10.3. The first-order valence-corrected chi connectivity index (χ1v) is 5.97. The van der Waals surface area contributed by atoms with Gasteiger partial charge in [-0.25, -0.2) is 4.39 Å². The molecule has 0 saturated heterocycles. The molecule has 2 aromatic rings. The van der Waals surface area contributed by atoms with Crippen molar-refractivity contribution in [2.75, 3.05) is 0 Å². The standard InChI is InChI=1S/C13H11BClFO3/c15-11-5-4-9(13(16)7-11)8-19-12-3-1-2-10(6-12)14(17)18/h1-7,17-18H,8H2. The van der Waals surface area contributed by atoms with Crippen LogP contribution in [0.25, 0.3) is 0 Å². The van der Waals surface area contributed by atoms with Crippen molar-refractivity contribution in [2.45, 2.75) is 6.61 Å². The fourth-order valence-electron chi connectivity index (χ4n) is 1.56. The van der Waals surface area contributed by atoms with Gasteiger partial charge in [0.2, 0.25) is 0 Å². The quantitative estimate of drug-likeness (QED) is 0.839. The number of hydrogen-bond donors (Lipinski definition) is 2. The molecule has 0 amide bonds. The van der Waals surface area contributed by atoms with Crippen LogP contribution in [0.3, 0.4) is 0 Å². The molecule has 0 spiro atoms. The summed E-state index contributed by atoms with van der Waals surface area (Å²) in [6, 6.07) is 10.7. The van der Waals surface area contributed by atoms with E-state index in [4.69, 9.17) is 26.4 Å². The molecular formula is C13H11BClFO3. The van der Waals surface area contributed by atoms with E-state index in [2.05, 4.69) is 0 Å². The smallest absolute Gasteiger partial charge is 0.488 e. The Kier molecular flexibility index (Phi) is 4.42. The van der Waals surface area contributed by atoms with Crippen LogP contribution in [-0.4, -0.2) is 17.2 Å². The maximum atomic E-state index is 13.5. The Morgan fingerprint density at radius 3 is 2.63 bits per heavy atom. The van der Waals surface area contributed by atoms with E-state index in [1.165, 1.54) is 12.1 Å². The lowest BCUT2D eigenvalue weighted by atomic mass is 9.80. The molecule has 0 aliphatic heterocycles. The zero-order chi connectivity index (χ0) is 13.8. The molecular weight excluding hydrogens is 269 g/mol. The summed E-state index contributed by atoms with van der Waals surface area (Å²) < 4.78 is 18.9. The Bertz CT molecular complexity index is 578. The van der Waals surface area contributed by atoms with Gasteiger partial charge in [-0.3, -0.25) is 0 Å². The van der Waals surface area contributed by atoms with Gasteiger partial charge in [-0.2, -0.15) is 0 Å². The average molecular weight is 280 g/mol. The van der Waals surface area contributed by atoms with E-state index in [1.54, 1.807) is 30.3 Å². The maximum absolute atomic E-state index is 13.5. The first-order valence-electron chi connectivity index (χ1n) is 5.59. The number of hydrogen-bond acceptors (Lipinski definition) is 3. The second-order valence-electron chi connectivity index (χ2n) is 3.97. The van der Waals surface area contributed by atoms with Crippen molar-refractivity contribution in [1.82, 2.24) is 0 Å². The third-order valence-electron chi connectivity index (χ3n) is 2.57. The lowest BCUT2D eigenvalue weighted by molar-refractivity contribution is 0.300. The minimum atomic E-state index is -1.56. The molecule has 0 bridgehead atoms. The van der Waals surface area contributed by atoms with E-state index in [-0.39, 0.29) is 6.61 Å². The predicted octanol–water partition coefficient (Wildman–Crippen LogP) is 1.74. The molecule has 0 aliphatic carbocycles. The molecule has 0 saturated carbocycles. The number of rotatable bonds is 4. The summed E-state index contributed by atoms with van der Waals surface area (Å²) in [5.74, 6) is -0.00852. The van der Waals surface area contributed by atoms with E-state index >= 15 is 0 Å². The zero-order valence-corrected chi connectivity index (χ0v) is 10.6. The van der Waals surface area contributed by atoms with Crippen molar-refractivity contribution in [3.8, 4) is 5.75 Å². The first kappa shape index (κ1) is 13.9. The molecule has 3 nitrogen and oxygen atoms in total. The van der Waals surface area contributed by atoms with Crippen molar-refractivity contribution in [2.24, 2.45) is 0 Å². The zero-order valence-electron chi connectivity index (χ0n) is 9.88. The number of ether oxygens (including phenoxy) is 1. The molecule has 2 N–H and O–H groups in total. The largest absolute Gasteiger partial charge is 0.489 e. The van der Waals surface area contributed by atoms with Gasteiger partial charge in [0.05, 0.1) is 0 Å². The molecule has 19 heavy (non-hydrogen) atoms. The molecule has 6 heteroatoms. The lowest BCUT2D eigenvalue weighted by Gasteiger charge is -2.08. The molecule has 2 rings (SSSR count). The van der Waals surface area contributed by atoms with Gasteiger partial charge in [0.1, 0.15) is 18.2 Å². The highest BCUT2D eigenvalue weighted by atomic mass is 35.5. The number of benzene rings is 2. The molecule has 0 heterocycles. The highest BCUT2D eigenvalue weighted by Gasteiger charge is 2.11. The van der Waals surface area contributed by atoms with Crippen LogP contribution in [0, 0.1) is 5.82 Å². The minimum absolute atomic E-state index is 0.0357. The second kappa shape index (κ2) is 6.06. The third kappa shape index (κ3) is 3.70. The van der Waals surface area contributed by atoms with Crippen LogP contribution in [-0.2, 0) is 6.61 Å². The van der Waals surface area contributed by atoms with Gasteiger partial charge in [0.25, 0.3) is 0 Å². The van der Waals surface area contributed by atoms with Crippen LogP contribution >= 0.6 is 11.6 Å². The van der Waals surface area contributed by atoms with E-state index in [0.717, 1.165) is 0 Å². The second-order valence-corrected chi connectivity index (χ2v) is 4.41. The molecule has 0 fully saturated rings. The van der Waals surface area contributed by atoms with Crippen LogP contribution in [0.15, 0.2) is 42.5 Å². The highest BCUT2D eigenvalue weighted by Crippen LogP contribution is 2.17. The monoisotopic (exact) mass is 280 g/mol. The van der Waals surface area contributed by atoms with Gasteiger partial charge < -0.3 is 14.8 Å². The molecule has 0 atom stereocenters. The fourth-order valence-corrected chi connectivity index (χ4v) is 1.72. The molecule has 0 aliphatic rings. The molecule has 0 radical (unpaired) electrons. The summed E-state index contributed by atoms with van der Waals surface area (Å²) >= 11 is 5.65. The Morgan fingerprint density at radius 2 is 1.95 bits per heavy atom. The van der Waals surface area contributed by atoms with Crippen molar-refractivity contribution in [1.29, 1.82) is 0 Å². The lowest BCUT2D eigenvalue weighted by Crippen LogP contribution is -2.29. The average Bonchev–Trinajstić information content (AvgIpc) is 2.38. The van der Waals surface area contributed by atoms with Crippen molar-refractivity contribution >= 4 is 24.2 Å². The van der Waals surface area contributed by atoms with Crippen LogP contribution < -0.4 is 10.2 Å². The number of halogens is 2. The van der Waals surface area contributed by atoms with E-state index in [9.17, 15) is 4.39 Å². The molecule has 98 valence electrons. The summed E-state index contributed by atoms with van der Waals surface area (Å²) in [5.41, 5.74) is 0.688. The van der Waals surface area contributed by atoms with E-state index in [0.29, 0.717) is 21.8 Å². The van der Waals surface area contributed by atoms with Crippen LogP contribution in [0.4, 0.5) is 4.39 Å². The van der Waals surface area contributed by atoms with Crippen LogP contribution in [0.1, 0.15) is 5.56 Å². The van der Waals surface area contributed by atoms with Crippen molar-refractivity contribution < 1.29 is 19.2 Å². The summed E-state index contributed by atoms with van der Waals surface area (Å²) in [6.45, 7) is 0.0357. The highest BCUT2D eigenvalue weighted by molar-refractivity contribution is 6.58. The van der Waals surface area contributed by atoms with Crippen molar-refractivity contribution in [3.63, 3.8) is 0 Å². The van der Waals surface area contributed by atoms with Gasteiger partial charge >= 0.3 is 7.12 Å². The van der Waals surface area contributed by atoms with Crippen LogP contribution in [0.5, 0.6) is 5.75 Å². The van der Waals surface area contributed by atoms with Crippen molar-refractivity contribution in [3.05, 3.63) is 58.9 Å². The molecule has 0 unspecified atom stereocenters. The van der Waals surface area contributed by atoms with Gasteiger partial charge in [0, 0.05) is 10.6 Å². The van der Waals surface area contributed by atoms with E-state index in [1.807, 2.05) is 0 Å². The fraction of sp³-hybridized carbons (Fsp3) is 0.0769. The van der Waals surface area contributed by atoms with Gasteiger partial charge in [-0.15, -0.1) is 0 Å². The predicted molar refractivity (Wildman–Crippen MR) is 72.0 cm³/mol. The Morgan fingerprint density at radius 1 is 1.16 bits per heavy atom. The molecule has 2 aromatic carbocycles. The van der Waals surface area contributed by atoms with Crippen LogP contribution in [0.2, 0.25) is 5.02 Å². The first-order chi connectivity index (χ1) is 9.06. The summed E-state index contributed by atoms with van der Waals surface area (Å²) in [6.07, 6.45) is 0. The SMILES string of the molecule is OB(O)c1cccc(OCc2ccc(Cl)cc2F)c1.